The van der Waals surface area contributed by atoms with Crippen LogP contribution in [0.4, 0.5) is 4.79 Å². The molecule has 0 bridgehead atoms. The number of aliphatic hydroxyl groups is 1. The van der Waals surface area contributed by atoms with Crippen LogP contribution in [0.3, 0.4) is 0 Å². The van der Waals surface area contributed by atoms with Crippen LogP contribution >= 0.6 is 12.4 Å². The number of nitrogens with zero attached hydrogens (tertiary/aromatic N) is 2. The van der Waals surface area contributed by atoms with Crippen molar-refractivity contribution in [1.82, 2.24) is 10.2 Å². The van der Waals surface area contributed by atoms with E-state index in [4.69, 9.17) is 4.84 Å². The zero-order valence-corrected chi connectivity index (χ0v) is 22.7. The van der Waals surface area contributed by atoms with Crippen LogP contribution in [0.25, 0.3) is 0 Å². The van der Waals surface area contributed by atoms with E-state index in [1.165, 1.54) is 36.2 Å². The van der Waals surface area contributed by atoms with Gasteiger partial charge in [0.15, 0.2) is 5.78 Å². The molecule has 35 heavy (non-hydrogen) atoms. The van der Waals surface area contributed by atoms with Crippen molar-refractivity contribution in [2.75, 3.05) is 33.3 Å². The number of hydrogen-bond acceptors (Lipinski definition) is 6. The number of aliphatic hydroxyl groups excluding tert-OH is 1. The van der Waals surface area contributed by atoms with Gasteiger partial charge in [0.2, 0.25) is 0 Å². The number of oxime groups is 1. The molecule has 0 saturated heterocycles. The summed E-state index contributed by atoms with van der Waals surface area (Å²) in [5.74, 6) is 2.68. The first-order valence-corrected chi connectivity index (χ1v) is 13.2. The SMILES string of the molecule is CNCCN(CCO)C(=O)O/N=C(\C)[C@H]1CC[C@H]2[C@@H]3CCC4=CC(=O)CC[C@]4(C)[C@H]3CC[C@]12C.Cl. The van der Waals surface area contributed by atoms with Crippen LogP contribution < -0.4 is 5.32 Å². The molecule has 1 amide bonds. The Morgan fingerprint density at radius 1 is 1.17 bits per heavy atom. The van der Waals surface area contributed by atoms with Gasteiger partial charge in [0, 0.05) is 32.0 Å². The van der Waals surface area contributed by atoms with Crippen molar-refractivity contribution in [3.05, 3.63) is 11.6 Å². The number of rotatable bonds is 7. The fourth-order valence-corrected chi connectivity index (χ4v) is 8.14. The maximum atomic E-state index is 12.5. The number of ketones is 1. The van der Waals surface area contributed by atoms with E-state index in [0.29, 0.717) is 49.0 Å². The number of carbonyl (C=O) groups is 2. The molecule has 7 nitrogen and oxygen atoms in total. The van der Waals surface area contributed by atoms with Crippen LogP contribution in [0.1, 0.15) is 72.1 Å². The number of halogens is 1. The first-order chi connectivity index (χ1) is 16.2. The molecule has 0 heterocycles. The zero-order chi connectivity index (χ0) is 24.5. The van der Waals surface area contributed by atoms with Crippen molar-refractivity contribution in [2.45, 2.75) is 72.1 Å². The summed E-state index contributed by atoms with van der Waals surface area (Å²) in [7, 11) is 1.83. The van der Waals surface area contributed by atoms with Gasteiger partial charge in [-0.05, 0) is 93.6 Å². The van der Waals surface area contributed by atoms with E-state index in [0.717, 1.165) is 25.0 Å². The van der Waals surface area contributed by atoms with Gasteiger partial charge in [-0.2, -0.15) is 0 Å². The molecule has 3 saturated carbocycles. The number of amides is 1. The Hall–Kier alpha value is -1.44. The van der Waals surface area contributed by atoms with E-state index in [2.05, 4.69) is 24.3 Å². The van der Waals surface area contributed by atoms with Gasteiger partial charge in [-0.15, -0.1) is 12.4 Å². The molecule has 0 aromatic rings. The maximum absolute atomic E-state index is 12.5. The number of likely N-dealkylation sites (N-methyl/N-ethyl adjacent to an activating group) is 1. The zero-order valence-electron chi connectivity index (χ0n) is 21.8. The Balaban J connectivity index is 0.00000342. The van der Waals surface area contributed by atoms with Gasteiger partial charge in [-0.1, -0.05) is 24.6 Å². The minimum absolute atomic E-state index is 0. The Kier molecular flexibility index (Phi) is 9.09. The van der Waals surface area contributed by atoms with Gasteiger partial charge >= 0.3 is 6.09 Å². The molecule has 4 aliphatic carbocycles. The highest BCUT2D eigenvalue weighted by atomic mass is 35.5. The number of nitrogens with one attached hydrogen (secondary N) is 1. The largest absolute Gasteiger partial charge is 0.436 e. The lowest BCUT2D eigenvalue weighted by Gasteiger charge is -2.58. The highest BCUT2D eigenvalue weighted by Crippen LogP contribution is 2.66. The predicted octanol–water partition coefficient (Wildman–Crippen LogP) is 4.58. The summed E-state index contributed by atoms with van der Waals surface area (Å²) in [5, 5.41) is 16.6. The molecule has 0 aromatic heterocycles. The first kappa shape index (κ1) is 28.1. The van der Waals surface area contributed by atoms with Crippen LogP contribution in [-0.2, 0) is 9.63 Å². The molecule has 0 radical (unpaired) electrons. The Morgan fingerprint density at radius 3 is 2.66 bits per heavy atom. The fourth-order valence-electron chi connectivity index (χ4n) is 8.14. The minimum atomic E-state index is -0.501. The smallest absolute Gasteiger partial charge is 0.395 e. The Bertz CT molecular complexity index is 861. The molecule has 198 valence electrons. The van der Waals surface area contributed by atoms with E-state index in [-0.39, 0.29) is 36.4 Å². The summed E-state index contributed by atoms with van der Waals surface area (Å²) in [6.45, 7) is 8.12. The summed E-state index contributed by atoms with van der Waals surface area (Å²) >= 11 is 0. The monoisotopic (exact) mass is 509 g/mol. The molecule has 4 aliphatic rings. The summed E-state index contributed by atoms with van der Waals surface area (Å²) in [5.41, 5.74) is 2.71. The van der Waals surface area contributed by atoms with Crippen molar-refractivity contribution < 1.29 is 19.5 Å². The lowest BCUT2D eigenvalue weighted by molar-refractivity contribution is -0.117. The Labute approximate surface area is 216 Å². The van der Waals surface area contributed by atoms with Crippen molar-refractivity contribution in [1.29, 1.82) is 0 Å². The predicted molar refractivity (Wildman–Crippen MR) is 140 cm³/mol. The standard InChI is InChI=1S/C27H43N3O4.ClH/c1-18(29-34-25(33)30(15-16-31)14-13-28-4)22-7-8-23-21-6-5-19-17-20(32)9-11-26(19,2)24(21)10-12-27(22,23)3;/h17,21-24,28,31H,5-16H2,1-4H3;1H/b29-18+;/t21-,22+,23-,24-,26-,27+;/m0./s1. The van der Waals surface area contributed by atoms with Crippen LogP contribution in [-0.4, -0.2) is 60.9 Å². The molecule has 6 atom stereocenters. The van der Waals surface area contributed by atoms with Gasteiger partial charge < -0.3 is 15.3 Å². The number of carbonyl (C=O) groups excluding carboxylic acids is 2. The van der Waals surface area contributed by atoms with E-state index in [9.17, 15) is 14.7 Å². The summed E-state index contributed by atoms with van der Waals surface area (Å²) in [6.07, 6.45) is 10.1. The van der Waals surface area contributed by atoms with Crippen LogP contribution in [0.2, 0.25) is 0 Å². The molecule has 0 aliphatic heterocycles. The molecule has 4 rings (SSSR count). The Morgan fingerprint density at radius 2 is 1.94 bits per heavy atom. The molecule has 0 aromatic carbocycles. The quantitative estimate of drug-likeness (QED) is 0.298. The van der Waals surface area contributed by atoms with Gasteiger partial charge in [0.25, 0.3) is 0 Å². The van der Waals surface area contributed by atoms with Gasteiger partial charge in [0.1, 0.15) is 0 Å². The number of allylic oxidation sites excluding steroid dienone is 1. The molecule has 2 N–H and O–H groups in total. The third-order valence-electron chi connectivity index (χ3n) is 9.99. The van der Waals surface area contributed by atoms with Crippen LogP contribution in [0.5, 0.6) is 0 Å². The highest BCUT2D eigenvalue weighted by Gasteiger charge is 2.59. The number of fused-ring (bicyclic) bond motifs is 5. The molecular formula is C27H44ClN3O4. The summed E-state index contributed by atoms with van der Waals surface area (Å²) in [4.78, 5) is 31.4. The van der Waals surface area contributed by atoms with Crippen LogP contribution in [0.15, 0.2) is 16.8 Å². The van der Waals surface area contributed by atoms with Crippen molar-refractivity contribution in [2.24, 2.45) is 39.7 Å². The minimum Gasteiger partial charge on any atom is -0.395 e. The number of hydrogen-bond donors (Lipinski definition) is 2. The van der Waals surface area contributed by atoms with E-state index >= 15 is 0 Å². The third kappa shape index (κ3) is 5.19. The van der Waals surface area contributed by atoms with Crippen molar-refractivity contribution in [3.8, 4) is 0 Å². The first-order valence-electron chi connectivity index (χ1n) is 13.2. The second kappa shape index (κ2) is 11.3. The maximum Gasteiger partial charge on any atom is 0.436 e. The second-order valence-corrected chi connectivity index (χ2v) is 11.5. The second-order valence-electron chi connectivity index (χ2n) is 11.5. The third-order valence-corrected chi connectivity index (χ3v) is 9.99. The van der Waals surface area contributed by atoms with Gasteiger partial charge in [0.05, 0.1) is 12.3 Å². The topological polar surface area (TPSA) is 91.2 Å². The fraction of sp³-hybridized carbons (Fsp3) is 0.815. The van der Waals surface area contributed by atoms with Crippen LogP contribution in [0, 0.1) is 34.5 Å². The summed E-state index contributed by atoms with van der Waals surface area (Å²) < 4.78 is 0. The van der Waals surface area contributed by atoms with Crippen molar-refractivity contribution >= 4 is 30.0 Å². The van der Waals surface area contributed by atoms with Crippen molar-refractivity contribution in [3.63, 3.8) is 0 Å². The van der Waals surface area contributed by atoms with E-state index < -0.39 is 6.09 Å². The van der Waals surface area contributed by atoms with Gasteiger partial charge in [-0.3, -0.25) is 9.63 Å². The lowest BCUT2D eigenvalue weighted by atomic mass is 9.46. The van der Waals surface area contributed by atoms with Gasteiger partial charge in [-0.25, -0.2) is 4.79 Å². The lowest BCUT2D eigenvalue weighted by Crippen LogP contribution is -2.51. The van der Waals surface area contributed by atoms with E-state index in [1.807, 2.05) is 20.0 Å². The normalized spacial score (nSPS) is 36.3. The summed E-state index contributed by atoms with van der Waals surface area (Å²) in [6, 6.07) is 0. The molecule has 3 fully saturated rings. The molecule has 0 unspecified atom stereocenters. The molecular weight excluding hydrogens is 466 g/mol. The average Bonchev–Trinajstić information content (AvgIpc) is 3.17. The molecule has 8 heteroatoms. The average molecular weight is 510 g/mol. The van der Waals surface area contributed by atoms with E-state index in [1.54, 1.807) is 0 Å². The highest BCUT2D eigenvalue weighted by molar-refractivity contribution is 5.91. The molecule has 0 spiro atoms.